The highest BCUT2D eigenvalue weighted by atomic mass is 35.5. The Morgan fingerprint density at radius 1 is 1.29 bits per heavy atom. The number of rotatable bonds is 6. The average molecular weight is 309 g/mol. The van der Waals surface area contributed by atoms with Crippen molar-refractivity contribution in [3.8, 4) is 11.3 Å². The molecule has 1 aromatic heterocycles. The zero-order chi connectivity index (χ0) is 15.5. The first-order chi connectivity index (χ1) is 9.87. The monoisotopic (exact) mass is 308 g/mol. The summed E-state index contributed by atoms with van der Waals surface area (Å²) in [6, 6.07) is 7.46. The highest BCUT2D eigenvalue weighted by molar-refractivity contribution is 6.30. The summed E-state index contributed by atoms with van der Waals surface area (Å²) < 4.78 is 5.78. The Hall–Kier alpha value is -1.36. The molecule has 1 heterocycles. The van der Waals surface area contributed by atoms with Crippen molar-refractivity contribution < 1.29 is 9.52 Å². The van der Waals surface area contributed by atoms with E-state index < -0.39 is 5.60 Å². The average Bonchev–Trinajstić information content (AvgIpc) is 2.85. The van der Waals surface area contributed by atoms with E-state index in [-0.39, 0.29) is 0 Å². The molecule has 0 unspecified atom stereocenters. The van der Waals surface area contributed by atoms with Gasteiger partial charge in [0.1, 0.15) is 0 Å². The molecule has 0 saturated carbocycles. The van der Waals surface area contributed by atoms with E-state index in [1.807, 2.05) is 24.3 Å². The zero-order valence-corrected chi connectivity index (χ0v) is 13.4. The summed E-state index contributed by atoms with van der Waals surface area (Å²) in [6.45, 7) is 7.61. The van der Waals surface area contributed by atoms with E-state index in [2.05, 4.69) is 16.8 Å². The lowest BCUT2D eigenvalue weighted by molar-refractivity contribution is 0.0329. The molecule has 1 N–H and O–H groups in total. The van der Waals surface area contributed by atoms with Crippen molar-refractivity contribution in [3.63, 3.8) is 0 Å². The van der Waals surface area contributed by atoms with E-state index >= 15 is 0 Å². The van der Waals surface area contributed by atoms with Crippen molar-refractivity contribution in [1.29, 1.82) is 0 Å². The molecule has 0 spiro atoms. The highest BCUT2D eigenvalue weighted by Crippen LogP contribution is 2.23. The molecule has 0 atom stereocenters. The van der Waals surface area contributed by atoms with E-state index in [0.29, 0.717) is 24.0 Å². The largest absolute Gasteiger partial charge is 0.439 e. The minimum Gasteiger partial charge on any atom is -0.439 e. The molecule has 0 bridgehead atoms. The van der Waals surface area contributed by atoms with E-state index in [4.69, 9.17) is 16.0 Å². The number of halogens is 1. The van der Waals surface area contributed by atoms with E-state index in [1.54, 1.807) is 20.0 Å². The van der Waals surface area contributed by atoms with Gasteiger partial charge in [0.15, 0.2) is 5.76 Å². The molecule has 2 aromatic rings. The molecule has 21 heavy (non-hydrogen) atoms. The van der Waals surface area contributed by atoms with Gasteiger partial charge in [0, 0.05) is 17.1 Å². The van der Waals surface area contributed by atoms with Crippen LogP contribution in [0, 0.1) is 0 Å². The number of aromatic nitrogens is 1. The summed E-state index contributed by atoms with van der Waals surface area (Å²) in [7, 11) is 0. The van der Waals surface area contributed by atoms with E-state index in [0.717, 1.165) is 17.9 Å². The van der Waals surface area contributed by atoms with Gasteiger partial charge in [-0.05, 0) is 44.7 Å². The summed E-state index contributed by atoms with van der Waals surface area (Å²) in [4.78, 5) is 6.40. The van der Waals surface area contributed by atoms with Crippen LogP contribution in [0.25, 0.3) is 11.3 Å². The second-order valence-corrected chi connectivity index (χ2v) is 6.18. The Morgan fingerprint density at radius 3 is 2.52 bits per heavy atom. The Balaban J connectivity index is 2.07. The van der Waals surface area contributed by atoms with Crippen LogP contribution < -0.4 is 0 Å². The third-order valence-corrected chi connectivity index (χ3v) is 3.35. The van der Waals surface area contributed by atoms with Gasteiger partial charge in [-0.25, -0.2) is 4.98 Å². The Morgan fingerprint density at radius 2 is 1.95 bits per heavy atom. The molecule has 0 aliphatic rings. The molecular weight excluding hydrogens is 288 g/mol. The second-order valence-electron chi connectivity index (χ2n) is 5.74. The van der Waals surface area contributed by atoms with Crippen LogP contribution in [0.15, 0.2) is 34.9 Å². The van der Waals surface area contributed by atoms with Gasteiger partial charge in [0.2, 0.25) is 5.89 Å². The number of likely N-dealkylation sites (N-methyl/N-ethyl adjacent to an activating group) is 1. The summed E-state index contributed by atoms with van der Waals surface area (Å²) in [5.74, 6) is 1.37. The van der Waals surface area contributed by atoms with Gasteiger partial charge in [-0.3, -0.25) is 4.90 Å². The van der Waals surface area contributed by atoms with E-state index in [9.17, 15) is 5.11 Å². The molecule has 0 aliphatic carbocycles. The quantitative estimate of drug-likeness (QED) is 0.886. The lowest BCUT2D eigenvalue weighted by Gasteiger charge is -2.26. The lowest BCUT2D eigenvalue weighted by atomic mass is 10.1. The first-order valence-electron chi connectivity index (χ1n) is 7.03. The number of hydrogen-bond acceptors (Lipinski definition) is 4. The smallest absolute Gasteiger partial charge is 0.209 e. The molecule has 4 nitrogen and oxygen atoms in total. The third kappa shape index (κ3) is 4.84. The van der Waals surface area contributed by atoms with Gasteiger partial charge < -0.3 is 9.52 Å². The predicted octanol–water partition coefficient (Wildman–Crippen LogP) is 3.59. The molecule has 114 valence electrons. The van der Waals surface area contributed by atoms with Gasteiger partial charge in [-0.15, -0.1) is 0 Å². The summed E-state index contributed by atoms with van der Waals surface area (Å²) in [6.07, 6.45) is 1.72. The molecule has 2 rings (SSSR count). The number of oxazole rings is 1. The van der Waals surface area contributed by atoms with Crippen molar-refractivity contribution in [1.82, 2.24) is 9.88 Å². The van der Waals surface area contributed by atoms with Gasteiger partial charge in [0.25, 0.3) is 0 Å². The minimum atomic E-state index is -0.735. The normalized spacial score (nSPS) is 12.1. The van der Waals surface area contributed by atoms with Gasteiger partial charge in [-0.2, -0.15) is 0 Å². The van der Waals surface area contributed by atoms with Crippen molar-refractivity contribution in [2.75, 3.05) is 13.1 Å². The molecule has 0 radical (unpaired) electrons. The van der Waals surface area contributed by atoms with Crippen LogP contribution in [-0.2, 0) is 6.54 Å². The van der Waals surface area contributed by atoms with Crippen LogP contribution in [0.3, 0.4) is 0 Å². The Kier molecular flexibility index (Phi) is 5.04. The number of benzene rings is 1. The molecule has 0 fully saturated rings. The number of nitrogens with zero attached hydrogens (tertiary/aromatic N) is 2. The van der Waals surface area contributed by atoms with E-state index in [1.165, 1.54) is 0 Å². The van der Waals surface area contributed by atoms with Crippen LogP contribution in [0.5, 0.6) is 0 Å². The molecule has 0 aliphatic heterocycles. The standard InChI is InChI=1S/C16H21ClN2O2/c1-4-19(11-16(2,3)20)10-15-18-9-14(21-15)12-5-7-13(17)8-6-12/h5-9,20H,4,10-11H2,1-3H3. The molecular formula is C16H21ClN2O2. The van der Waals surface area contributed by atoms with Crippen LogP contribution in [0.4, 0.5) is 0 Å². The molecule has 5 heteroatoms. The highest BCUT2D eigenvalue weighted by Gasteiger charge is 2.19. The maximum Gasteiger partial charge on any atom is 0.209 e. The SMILES string of the molecule is CCN(Cc1ncc(-c2ccc(Cl)cc2)o1)CC(C)(C)O. The number of aliphatic hydroxyl groups is 1. The van der Waals surface area contributed by atoms with Crippen molar-refractivity contribution >= 4 is 11.6 Å². The summed E-state index contributed by atoms with van der Waals surface area (Å²) in [5.41, 5.74) is 0.213. The predicted molar refractivity (Wildman–Crippen MR) is 84.2 cm³/mol. The maximum absolute atomic E-state index is 9.90. The molecule has 0 amide bonds. The molecule has 0 saturated heterocycles. The second kappa shape index (κ2) is 6.60. The first-order valence-corrected chi connectivity index (χ1v) is 7.40. The van der Waals surface area contributed by atoms with Gasteiger partial charge >= 0.3 is 0 Å². The van der Waals surface area contributed by atoms with Crippen molar-refractivity contribution in [2.24, 2.45) is 0 Å². The third-order valence-electron chi connectivity index (χ3n) is 3.10. The fourth-order valence-corrected chi connectivity index (χ4v) is 2.27. The summed E-state index contributed by atoms with van der Waals surface area (Å²) in [5, 5.41) is 10.6. The Bertz CT molecular complexity index is 573. The minimum absolute atomic E-state index is 0.572. The summed E-state index contributed by atoms with van der Waals surface area (Å²) >= 11 is 5.88. The topological polar surface area (TPSA) is 49.5 Å². The van der Waals surface area contributed by atoms with Crippen LogP contribution in [0.2, 0.25) is 5.02 Å². The van der Waals surface area contributed by atoms with Crippen molar-refractivity contribution in [2.45, 2.75) is 32.9 Å². The Labute approximate surface area is 130 Å². The zero-order valence-electron chi connectivity index (χ0n) is 12.6. The van der Waals surface area contributed by atoms with Crippen LogP contribution >= 0.6 is 11.6 Å². The fourth-order valence-electron chi connectivity index (χ4n) is 2.15. The fraction of sp³-hybridized carbons (Fsp3) is 0.438. The molecule has 1 aromatic carbocycles. The van der Waals surface area contributed by atoms with Gasteiger partial charge in [-0.1, -0.05) is 18.5 Å². The number of hydrogen-bond donors (Lipinski definition) is 1. The van der Waals surface area contributed by atoms with Crippen LogP contribution in [-0.4, -0.2) is 33.7 Å². The first kappa shape index (κ1) is 16.0. The van der Waals surface area contributed by atoms with Crippen LogP contribution in [0.1, 0.15) is 26.7 Å². The van der Waals surface area contributed by atoms with Crippen molar-refractivity contribution in [3.05, 3.63) is 41.4 Å². The van der Waals surface area contributed by atoms with Gasteiger partial charge in [0.05, 0.1) is 18.3 Å². The lowest BCUT2D eigenvalue weighted by Crippen LogP contribution is -2.38. The maximum atomic E-state index is 9.90.